The molecule has 140 valence electrons. The summed E-state index contributed by atoms with van der Waals surface area (Å²) in [7, 11) is 0. The van der Waals surface area contributed by atoms with Crippen LogP contribution in [0.4, 0.5) is 0 Å². The number of carbonyl (C=O) groups is 2. The highest BCUT2D eigenvalue weighted by Crippen LogP contribution is 2.48. The fourth-order valence-corrected chi connectivity index (χ4v) is 5.28. The van der Waals surface area contributed by atoms with Crippen molar-refractivity contribution in [3.8, 4) is 6.07 Å². The minimum Gasteiger partial charge on any atom is -0.341 e. The van der Waals surface area contributed by atoms with E-state index in [-0.39, 0.29) is 28.6 Å². The Hall–Kier alpha value is -2.41. The smallest absolute Gasteiger partial charge is 0.226 e. The van der Waals surface area contributed by atoms with Crippen LogP contribution in [0.2, 0.25) is 0 Å². The minimum absolute atomic E-state index is 0.0450. The Morgan fingerprint density at radius 3 is 2.63 bits per heavy atom. The lowest BCUT2D eigenvalue weighted by atomic mass is 9.61. The molecule has 1 aromatic carbocycles. The second-order valence-electron chi connectivity index (χ2n) is 9.18. The molecule has 1 aliphatic heterocycles. The van der Waals surface area contributed by atoms with E-state index in [1.54, 1.807) is 0 Å². The molecule has 3 aliphatic rings. The Morgan fingerprint density at radius 2 is 1.93 bits per heavy atom. The Kier molecular flexibility index (Phi) is 4.22. The summed E-state index contributed by atoms with van der Waals surface area (Å²) in [5.74, 6) is 0.211. The van der Waals surface area contributed by atoms with Crippen molar-refractivity contribution in [2.45, 2.75) is 46.0 Å². The van der Waals surface area contributed by atoms with Gasteiger partial charge in [0.1, 0.15) is 6.07 Å². The number of fused-ring (bicyclic) bond motifs is 1. The van der Waals surface area contributed by atoms with Gasteiger partial charge in [-0.1, -0.05) is 44.2 Å². The largest absolute Gasteiger partial charge is 0.341 e. The van der Waals surface area contributed by atoms with Gasteiger partial charge in [0.25, 0.3) is 0 Å². The quantitative estimate of drug-likeness (QED) is 0.719. The van der Waals surface area contributed by atoms with E-state index in [0.717, 1.165) is 25.7 Å². The van der Waals surface area contributed by atoms with Gasteiger partial charge in [0.2, 0.25) is 5.91 Å². The van der Waals surface area contributed by atoms with Crippen LogP contribution in [0.25, 0.3) is 0 Å². The number of nitriles is 1. The van der Waals surface area contributed by atoms with E-state index in [1.165, 1.54) is 11.1 Å². The number of ketones is 1. The molecule has 1 atom stereocenters. The van der Waals surface area contributed by atoms with Gasteiger partial charge in [-0.05, 0) is 43.2 Å². The lowest BCUT2D eigenvalue weighted by Gasteiger charge is -2.54. The Morgan fingerprint density at radius 1 is 1.22 bits per heavy atom. The number of amides is 1. The number of nitrogens with zero attached hydrogens (tertiary/aromatic N) is 2. The van der Waals surface area contributed by atoms with E-state index in [9.17, 15) is 14.9 Å². The monoisotopic (exact) mass is 362 g/mol. The van der Waals surface area contributed by atoms with Crippen molar-refractivity contribution in [3.63, 3.8) is 0 Å². The number of Topliss-reactive ketones (excluding diaryl/α,β-unsaturated/α-hetero) is 1. The second kappa shape index (κ2) is 6.34. The van der Waals surface area contributed by atoms with Crippen molar-refractivity contribution in [1.82, 2.24) is 4.90 Å². The molecule has 0 saturated carbocycles. The maximum atomic E-state index is 13.1. The standard InChI is InChI=1S/C23H26N2O2/c1-22(2)13-23(11-19(12-24)20(22)26)14-25(15-23)21(27)18-9-5-8-16-6-3-4-7-17(16)10-18/h3-4,6-7,11,18H,5,8-10,13-15H2,1-2H3. The van der Waals surface area contributed by atoms with Crippen LogP contribution >= 0.6 is 0 Å². The van der Waals surface area contributed by atoms with Gasteiger partial charge in [0.15, 0.2) is 5.78 Å². The summed E-state index contributed by atoms with van der Waals surface area (Å²) in [5, 5.41) is 9.33. The predicted molar refractivity (Wildman–Crippen MR) is 103 cm³/mol. The molecule has 1 amide bonds. The molecular formula is C23H26N2O2. The third kappa shape index (κ3) is 3.10. The van der Waals surface area contributed by atoms with E-state index in [1.807, 2.05) is 24.8 Å². The molecule has 0 N–H and O–H groups in total. The normalized spacial score (nSPS) is 25.7. The Bertz CT molecular complexity index is 869. The summed E-state index contributed by atoms with van der Waals surface area (Å²) >= 11 is 0. The number of rotatable bonds is 1. The first-order valence-electron chi connectivity index (χ1n) is 9.87. The molecule has 1 spiro atoms. The van der Waals surface area contributed by atoms with E-state index in [2.05, 4.69) is 30.3 Å². The summed E-state index contributed by atoms with van der Waals surface area (Å²) in [6.45, 7) is 5.08. The molecule has 1 aromatic rings. The third-order valence-electron chi connectivity index (χ3n) is 6.48. The molecule has 4 rings (SSSR count). The number of benzene rings is 1. The van der Waals surface area contributed by atoms with Crippen LogP contribution in [0.3, 0.4) is 0 Å². The first-order valence-corrected chi connectivity index (χ1v) is 9.87. The average Bonchev–Trinajstić information content (AvgIpc) is 2.83. The highest BCUT2D eigenvalue weighted by molar-refractivity contribution is 6.03. The Balaban J connectivity index is 1.48. The van der Waals surface area contributed by atoms with E-state index in [0.29, 0.717) is 19.5 Å². The average molecular weight is 362 g/mol. The number of hydrogen-bond donors (Lipinski definition) is 0. The molecule has 1 heterocycles. The van der Waals surface area contributed by atoms with Crippen LogP contribution in [0.5, 0.6) is 0 Å². The first kappa shape index (κ1) is 18.0. The SMILES string of the molecule is CC1(C)CC2(C=C(C#N)C1=O)CN(C(=O)C1CCCc3ccccc3C1)C2. The van der Waals surface area contributed by atoms with Crippen molar-refractivity contribution >= 4 is 11.7 Å². The molecule has 0 radical (unpaired) electrons. The predicted octanol–water partition coefficient (Wildman–Crippen LogP) is 3.46. The van der Waals surface area contributed by atoms with Gasteiger partial charge in [0, 0.05) is 29.8 Å². The number of hydrogen-bond acceptors (Lipinski definition) is 3. The van der Waals surface area contributed by atoms with Gasteiger partial charge in [-0.25, -0.2) is 0 Å². The zero-order chi connectivity index (χ0) is 19.2. The van der Waals surface area contributed by atoms with Crippen molar-refractivity contribution in [1.29, 1.82) is 5.26 Å². The zero-order valence-electron chi connectivity index (χ0n) is 16.1. The fraction of sp³-hybridized carbons (Fsp3) is 0.522. The number of likely N-dealkylation sites (tertiary alicyclic amines) is 1. The maximum Gasteiger partial charge on any atom is 0.226 e. The first-order chi connectivity index (χ1) is 12.8. The third-order valence-corrected chi connectivity index (χ3v) is 6.48. The second-order valence-corrected chi connectivity index (χ2v) is 9.18. The van der Waals surface area contributed by atoms with E-state index >= 15 is 0 Å². The molecule has 1 saturated heterocycles. The summed E-state index contributed by atoms with van der Waals surface area (Å²) in [5.41, 5.74) is 2.21. The van der Waals surface area contributed by atoms with Crippen LogP contribution in [-0.2, 0) is 22.4 Å². The summed E-state index contributed by atoms with van der Waals surface area (Å²) < 4.78 is 0. The van der Waals surface area contributed by atoms with Crippen molar-refractivity contribution < 1.29 is 9.59 Å². The summed E-state index contributed by atoms with van der Waals surface area (Å²) in [6, 6.07) is 10.5. The van der Waals surface area contributed by atoms with Crippen molar-refractivity contribution in [2.75, 3.05) is 13.1 Å². The number of aryl methyl sites for hydroxylation is 1. The summed E-state index contributed by atoms with van der Waals surface area (Å²) in [6.07, 6.45) is 6.40. The number of carbonyl (C=O) groups excluding carboxylic acids is 2. The molecule has 1 unspecified atom stereocenters. The van der Waals surface area contributed by atoms with Crippen LogP contribution < -0.4 is 0 Å². The van der Waals surface area contributed by atoms with Crippen LogP contribution in [0.1, 0.15) is 44.2 Å². The van der Waals surface area contributed by atoms with Gasteiger partial charge in [-0.15, -0.1) is 0 Å². The minimum atomic E-state index is -0.532. The number of allylic oxidation sites excluding steroid dienone is 1. The lowest BCUT2D eigenvalue weighted by Crippen LogP contribution is -2.62. The van der Waals surface area contributed by atoms with Crippen LogP contribution in [0.15, 0.2) is 35.9 Å². The highest BCUT2D eigenvalue weighted by Gasteiger charge is 2.52. The van der Waals surface area contributed by atoms with Gasteiger partial charge in [-0.3, -0.25) is 9.59 Å². The van der Waals surface area contributed by atoms with Gasteiger partial charge >= 0.3 is 0 Å². The Labute approximate surface area is 160 Å². The van der Waals surface area contributed by atoms with Gasteiger partial charge in [0.05, 0.1) is 5.57 Å². The molecule has 0 aromatic heterocycles. The molecule has 4 heteroatoms. The van der Waals surface area contributed by atoms with Crippen molar-refractivity contribution in [2.24, 2.45) is 16.7 Å². The molecule has 2 aliphatic carbocycles. The summed E-state index contributed by atoms with van der Waals surface area (Å²) in [4.78, 5) is 27.4. The molecule has 0 bridgehead atoms. The molecular weight excluding hydrogens is 336 g/mol. The van der Waals surface area contributed by atoms with E-state index in [4.69, 9.17) is 0 Å². The molecule has 27 heavy (non-hydrogen) atoms. The van der Waals surface area contributed by atoms with E-state index < -0.39 is 5.41 Å². The zero-order valence-corrected chi connectivity index (χ0v) is 16.1. The molecule has 4 nitrogen and oxygen atoms in total. The van der Waals surface area contributed by atoms with Crippen molar-refractivity contribution in [3.05, 3.63) is 47.0 Å². The topological polar surface area (TPSA) is 61.2 Å². The highest BCUT2D eigenvalue weighted by atomic mass is 16.2. The van der Waals surface area contributed by atoms with Gasteiger partial charge < -0.3 is 4.90 Å². The molecule has 1 fully saturated rings. The maximum absolute atomic E-state index is 13.1. The van der Waals surface area contributed by atoms with Crippen LogP contribution in [-0.4, -0.2) is 29.7 Å². The fourth-order valence-electron chi connectivity index (χ4n) is 5.28. The lowest BCUT2D eigenvalue weighted by molar-refractivity contribution is -0.148. The van der Waals surface area contributed by atoms with Gasteiger partial charge in [-0.2, -0.15) is 5.26 Å². The van der Waals surface area contributed by atoms with Crippen LogP contribution in [0, 0.1) is 28.1 Å².